The van der Waals surface area contributed by atoms with Gasteiger partial charge in [0.15, 0.2) is 11.5 Å². The molecule has 0 aliphatic rings. The Morgan fingerprint density at radius 1 is 1.05 bits per heavy atom. The van der Waals surface area contributed by atoms with E-state index in [-0.39, 0.29) is 5.41 Å². The van der Waals surface area contributed by atoms with Crippen molar-refractivity contribution in [2.45, 2.75) is 20.3 Å². The summed E-state index contributed by atoms with van der Waals surface area (Å²) < 4.78 is 16.1. The first kappa shape index (κ1) is 16.8. The van der Waals surface area contributed by atoms with Crippen molar-refractivity contribution >= 4 is 0 Å². The Morgan fingerprint density at radius 3 is 2.40 bits per heavy atom. The molecular weight excluding hydrogens is 254 g/mol. The van der Waals surface area contributed by atoms with Crippen molar-refractivity contribution in [3.8, 4) is 11.5 Å². The van der Waals surface area contributed by atoms with E-state index >= 15 is 0 Å². The minimum atomic E-state index is 0.237. The molecule has 0 saturated carbocycles. The molecule has 0 heterocycles. The predicted molar refractivity (Wildman–Crippen MR) is 81.6 cm³/mol. The minimum Gasteiger partial charge on any atom is -0.493 e. The van der Waals surface area contributed by atoms with Gasteiger partial charge in [0.05, 0.1) is 7.11 Å². The van der Waals surface area contributed by atoms with Crippen LogP contribution in [0, 0.1) is 5.41 Å². The zero-order valence-electron chi connectivity index (χ0n) is 13.1. The first-order valence-electron chi connectivity index (χ1n) is 7.04. The summed E-state index contributed by atoms with van der Waals surface area (Å²) >= 11 is 0. The lowest BCUT2D eigenvalue weighted by atomic mass is 9.90. The zero-order chi connectivity index (χ0) is 14.8. The molecule has 0 radical (unpaired) electrons. The second-order valence-corrected chi connectivity index (χ2v) is 5.58. The Hall–Kier alpha value is -1.26. The van der Waals surface area contributed by atoms with Gasteiger partial charge in [-0.15, -0.1) is 0 Å². The number of hydrogen-bond donors (Lipinski definition) is 1. The van der Waals surface area contributed by atoms with E-state index < -0.39 is 0 Å². The van der Waals surface area contributed by atoms with E-state index in [4.69, 9.17) is 14.2 Å². The fourth-order valence-corrected chi connectivity index (χ4v) is 1.86. The zero-order valence-corrected chi connectivity index (χ0v) is 13.1. The lowest BCUT2D eigenvalue weighted by Crippen LogP contribution is -2.33. The number of hydrogen-bond acceptors (Lipinski definition) is 4. The van der Waals surface area contributed by atoms with Gasteiger partial charge in [0, 0.05) is 26.8 Å². The lowest BCUT2D eigenvalue weighted by molar-refractivity contribution is 0.150. The Kier molecular flexibility index (Phi) is 7.41. The monoisotopic (exact) mass is 281 g/mol. The number of rotatable bonds is 10. The Bertz CT molecular complexity index is 380. The van der Waals surface area contributed by atoms with Crippen LogP contribution >= 0.6 is 0 Å². The number of methoxy groups -OCH3 is 2. The fraction of sp³-hybridized carbons (Fsp3) is 0.625. The second-order valence-electron chi connectivity index (χ2n) is 5.58. The lowest BCUT2D eigenvalue weighted by Gasteiger charge is -2.24. The molecule has 0 saturated heterocycles. The molecule has 0 amide bonds. The van der Waals surface area contributed by atoms with Crippen molar-refractivity contribution in [3.63, 3.8) is 0 Å². The summed E-state index contributed by atoms with van der Waals surface area (Å²) in [6.07, 6.45) is 1.05. The van der Waals surface area contributed by atoms with Crippen LogP contribution in [0.25, 0.3) is 0 Å². The molecule has 0 unspecified atom stereocenters. The topological polar surface area (TPSA) is 39.7 Å². The molecule has 114 valence electrons. The maximum Gasteiger partial charge on any atom is 0.161 e. The van der Waals surface area contributed by atoms with Crippen molar-refractivity contribution < 1.29 is 14.2 Å². The molecule has 4 nitrogen and oxygen atoms in total. The van der Waals surface area contributed by atoms with E-state index in [9.17, 15) is 0 Å². The van der Waals surface area contributed by atoms with E-state index in [0.29, 0.717) is 6.61 Å². The van der Waals surface area contributed by atoms with E-state index in [1.165, 1.54) is 0 Å². The average molecular weight is 281 g/mol. The number of benzene rings is 1. The highest BCUT2D eigenvalue weighted by Gasteiger charge is 2.16. The van der Waals surface area contributed by atoms with Crippen LogP contribution < -0.4 is 14.8 Å². The maximum atomic E-state index is 5.71. The molecule has 0 spiro atoms. The molecular formula is C16H27NO3. The van der Waals surface area contributed by atoms with Crippen molar-refractivity contribution in [2.24, 2.45) is 5.41 Å². The van der Waals surface area contributed by atoms with Gasteiger partial charge in [-0.1, -0.05) is 26.0 Å². The summed E-state index contributed by atoms with van der Waals surface area (Å²) in [4.78, 5) is 0. The Balaban J connectivity index is 2.22. The average Bonchev–Trinajstić information content (AvgIpc) is 2.45. The molecule has 0 bridgehead atoms. The molecule has 1 aromatic rings. The van der Waals surface area contributed by atoms with Crippen molar-refractivity contribution in [1.29, 1.82) is 0 Å². The molecule has 1 N–H and O–H groups in total. The highest BCUT2D eigenvalue weighted by atomic mass is 16.5. The summed E-state index contributed by atoms with van der Waals surface area (Å²) in [6, 6.07) is 7.69. The van der Waals surface area contributed by atoms with Gasteiger partial charge < -0.3 is 19.5 Å². The van der Waals surface area contributed by atoms with Crippen LogP contribution in [-0.4, -0.2) is 40.5 Å². The van der Waals surface area contributed by atoms with Gasteiger partial charge in [-0.3, -0.25) is 0 Å². The van der Waals surface area contributed by atoms with Crippen LogP contribution in [0.3, 0.4) is 0 Å². The third-order valence-electron chi connectivity index (χ3n) is 3.19. The summed E-state index contributed by atoms with van der Waals surface area (Å²) in [5.74, 6) is 1.56. The third-order valence-corrected chi connectivity index (χ3v) is 3.19. The quantitative estimate of drug-likeness (QED) is 0.669. The van der Waals surface area contributed by atoms with Gasteiger partial charge in [-0.25, -0.2) is 0 Å². The summed E-state index contributed by atoms with van der Waals surface area (Å²) in [7, 11) is 3.39. The normalized spacial score (nSPS) is 11.4. The van der Waals surface area contributed by atoms with Crippen LogP contribution in [0.1, 0.15) is 20.3 Å². The van der Waals surface area contributed by atoms with Gasteiger partial charge >= 0.3 is 0 Å². The maximum absolute atomic E-state index is 5.71. The molecule has 0 fully saturated rings. The Morgan fingerprint density at radius 2 is 1.75 bits per heavy atom. The van der Waals surface area contributed by atoms with Crippen LogP contribution in [0.2, 0.25) is 0 Å². The van der Waals surface area contributed by atoms with E-state index in [1.807, 2.05) is 24.3 Å². The molecule has 1 aromatic carbocycles. The van der Waals surface area contributed by atoms with Crippen molar-refractivity contribution in [1.82, 2.24) is 5.32 Å². The molecule has 1 rings (SSSR count). The second kappa shape index (κ2) is 8.82. The van der Waals surface area contributed by atoms with Gasteiger partial charge in [0.25, 0.3) is 0 Å². The number of ether oxygens (including phenoxy) is 3. The van der Waals surface area contributed by atoms with E-state index in [2.05, 4.69) is 19.2 Å². The van der Waals surface area contributed by atoms with E-state index in [1.54, 1.807) is 14.2 Å². The van der Waals surface area contributed by atoms with Crippen LogP contribution in [0.5, 0.6) is 11.5 Å². The van der Waals surface area contributed by atoms with Gasteiger partial charge in [0.2, 0.25) is 0 Å². The minimum absolute atomic E-state index is 0.237. The summed E-state index contributed by atoms with van der Waals surface area (Å²) in [6.45, 7) is 7.66. The Labute approximate surface area is 122 Å². The largest absolute Gasteiger partial charge is 0.493 e. The van der Waals surface area contributed by atoms with Crippen molar-refractivity contribution in [2.75, 3.05) is 40.5 Å². The number of nitrogens with one attached hydrogen (secondary N) is 1. The van der Waals surface area contributed by atoms with Crippen LogP contribution in [0.15, 0.2) is 24.3 Å². The highest BCUT2D eigenvalue weighted by Crippen LogP contribution is 2.25. The third kappa shape index (κ3) is 6.26. The first-order valence-corrected chi connectivity index (χ1v) is 7.04. The van der Waals surface area contributed by atoms with Gasteiger partial charge in [-0.05, 0) is 24.0 Å². The first-order chi connectivity index (χ1) is 9.59. The molecule has 0 atom stereocenters. The van der Waals surface area contributed by atoms with E-state index in [0.717, 1.165) is 37.6 Å². The van der Waals surface area contributed by atoms with Crippen LogP contribution in [-0.2, 0) is 4.74 Å². The molecule has 0 aliphatic carbocycles. The van der Waals surface area contributed by atoms with Gasteiger partial charge in [-0.2, -0.15) is 0 Å². The predicted octanol–water partition coefficient (Wildman–Crippen LogP) is 2.73. The molecule has 20 heavy (non-hydrogen) atoms. The molecule has 0 aliphatic heterocycles. The highest BCUT2D eigenvalue weighted by molar-refractivity contribution is 5.39. The smallest absolute Gasteiger partial charge is 0.161 e. The fourth-order valence-electron chi connectivity index (χ4n) is 1.86. The standard InChI is InChI=1S/C16H27NO3/c1-16(2,9-11-18-3)13-17-10-12-20-15-8-6-5-7-14(15)19-4/h5-8,17H,9-13H2,1-4H3. The molecule has 4 heteroatoms. The van der Waals surface area contributed by atoms with Crippen molar-refractivity contribution in [3.05, 3.63) is 24.3 Å². The summed E-state index contributed by atoms with van der Waals surface area (Å²) in [5, 5.41) is 3.42. The number of para-hydroxylation sites is 2. The summed E-state index contributed by atoms with van der Waals surface area (Å²) in [5.41, 5.74) is 0.237. The SMILES string of the molecule is COCCC(C)(C)CNCCOc1ccccc1OC. The molecule has 0 aromatic heterocycles. The van der Waals surface area contributed by atoms with Crippen LogP contribution in [0.4, 0.5) is 0 Å². The van der Waals surface area contributed by atoms with Gasteiger partial charge in [0.1, 0.15) is 6.61 Å².